The zero-order valence-corrected chi connectivity index (χ0v) is 18.4. The molecule has 0 radical (unpaired) electrons. The summed E-state index contributed by atoms with van der Waals surface area (Å²) in [7, 11) is -1.75. The Bertz CT molecular complexity index is 1130. The van der Waals surface area contributed by atoms with Crippen molar-refractivity contribution in [3.63, 3.8) is 0 Å². The SMILES string of the molecule is CCCCCS(=O)(=O)NC(=O)NCCc1c(C)nn(C)c1-n1ccc2cccnc21. The highest BCUT2D eigenvalue weighted by Crippen LogP contribution is 2.23. The second-order valence-electron chi connectivity index (χ2n) is 7.25. The van der Waals surface area contributed by atoms with Crippen LogP contribution in [0.3, 0.4) is 0 Å². The lowest BCUT2D eigenvalue weighted by Gasteiger charge is -2.11. The van der Waals surface area contributed by atoms with Crippen molar-refractivity contribution in [1.29, 1.82) is 0 Å². The molecule has 0 bridgehead atoms. The largest absolute Gasteiger partial charge is 0.337 e. The highest BCUT2D eigenvalue weighted by atomic mass is 32.2. The monoisotopic (exact) mass is 432 g/mol. The van der Waals surface area contributed by atoms with Gasteiger partial charge in [-0.3, -0.25) is 9.25 Å². The molecule has 2 N–H and O–H groups in total. The van der Waals surface area contributed by atoms with Crippen LogP contribution >= 0.6 is 0 Å². The predicted molar refractivity (Wildman–Crippen MR) is 116 cm³/mol. The zero-order chi connectivity index (χ0) is 21.7. The van der Waals surface area contributed by atoms with Crippen molar-refractivity contribution in [2.45, 2.75) is 39.5 Å². The summed E-state index contributed by atoms with van der Waals surface area (Å²) in [6, 6.07) is 5.17. The maximum Gasteiger partial charge on any atom is 0.328 e. The topological polar surface area (TPSA) is 111 Å². The van der Waals surface area contributed by atoms with Gasteiger partial charge in [0, 0.05) is 36.9 Å². The van der Waals surface area contributed by atoms with Crippen molar-refractivity contribution in [3.05, 3.63) is 41.9 Å². The van der Waals surface area contributed by atoms with Gasteiger partial charge >= 0.3 is 6.03 Å². The number of aromatic nitrogens is 4. The number of pyridine rings is 1. The van der Waals surface area contributed by atoms with Gasteiger partial charge in [-0.2, -0.15) is 5.10 Å². The molecule has 2 amide bonds. The summed E-state index contributed by atoms with van der Waals surface area (Å²) < 4.78 is 29.7. The normalized spacial score (nSPS) is 11.7. The van der Waals surface area contributed by atoms with Crippen LogP contribution in [-0.4, -0.2) is 46.1 Å². The number of nitrogens with one attached hydrogen (secondary N) is 2. The van der Waals surface area contributed by atoms with Crippen LogP contribution in [0.1, 0.15) is 37.4 Å². The lowest BCUT2D eigenvalue weighted by atomic mass is 10.1. The third kappa shape index (κ3) is 4.99. The number of urea groups is 1. The van der Waals surface area contributed by atoms with Crippen LogP contribution in [0.15, 0.2) is 30.6 Å². The van der Waals surface area contributed by atoms with E-state index in [2.05, 4.69) is 20.1 Å². The third-order valence-corrected chi connectivity index (χ3v) is 6.24. The molecule has 3 aromatic heterocycles. The Morgan fingerprint density at radius 1 is 1.23 bits per heavy atom. The number of nitrogens with zero attached hydrogens (tertiary/aromatic N) is 4. The Morgan fingerprint density at radius 3 is 2.80 bits per heavy atom. The van der Waals surface area contributed by atoms with E-state index in [1.165, 1.54) is 0 Å². The smallest absolute Gasteiger partial charge is 0.328 e. The molecule has 3 heterocycles. The van der Waals surface area contributed by atoms with Gasteiger partial charge in [0.25, 0.3) is 0 Å². The molecule has 30 heavy (non-hydrogen) atoms. The van der Waals surface area contributed by atoms with Crippen molar-refractivity contribution in [2.24, 2.45) is 7.05 Å². The van der Waals surface area contributed by atoms with Crippen LogP contribution in [0.4, 0.5) is 4.79 Å². The van der Waals surface area contributed by atoms with E-state index >= 15 is 0 Å². The first kappa shape index (κ1) is 21.8. The number of carbonyl (C=O) groups excluding carboxylic acids is 1. The van der Waals surface area contributed by atoms with E-state index in [1.807, 2.05) is 49.9 Å². The summed E-state index contributed by atoms with van der Waals surface area (Å²) in [5.74, 6) is 0.823. The summed E-state index contributed by atoms with van der Waals surface area (Å²) in [5, 5.41) is 8.17. The van der Waals surface area contributed by atoms with E-state index in [1.54, 1.807) is 10.9 Å². The number of rotatable bonds is 9. The van der Waals surface area contributed by atoms with E-state index in [-0.39, 0.29) is 12.3 Å². The molecule has 0 aliphatic heterocycles. The number of hydrogen-bond donors (Lipinski definition) is 2. The van der Waals surface area contributed by atoms with E-state index in [4.69, 9.17) is 0 Å². The molecule has 0 aliphatic carbocycles. The molecule has 0 atom stereocenters. The summed E-state index contributed by atoms with van der Waals surface area (Å²) >= 11 is 0. The van der Waals surface area contributed by atoms with Gasteiger partial charge < -0.3 is 5.32 Å². The maximum absolute atomic E-state index is 12.0. The molecule has 3 rings (SSSR count). The van der Waals surface area contributed by atoms with Crippen molar-refractivity contribution < 1.29 is 13.2 Å². The van der Waals surface area contributed by atoms with Crippen molar-refractivity contribution in [2.75, 3.05) is 12.3 Å². The van der Waals surface area contributed by atoms with Gasteiger partial charge in [0.05, 0.1) is 11.4 Å². The Kier molecular flexibility index (Phi) is 6.76. The first-order valence-corrected chi connectivity index (χ1v) is 11.7. The fraction of sp³-hybridized carbons (Fsp3) is 0.450. The summed E-state index contributed by atoms with van der Waals surface area (Å²) in [5.41, 5.74) is 2.64. The van der Waals surface area contributed by atoms with Gasteiger partial charge in [0.2, 0.25) is 10.0 Å². The molecule has 0 spiro atoms. The summed E-state index contributed by atoms with van der Waals surface area (Å²) in [6.45, 7) is 4.19. The lowest BCUT2D eigenvalue weighted by molar-refractivity contribution is 0.246. The van der Waals surface area contributed by atoms with Gasteiger partial charge in [-0.1, -0.05) is 19.8 Å². The number of amides is 2. The number of aryl methyl sites for hydroxylation is 2. The maximum atomic E-state index is 12.0. The van der Waals surface area contributed by atoms with Crippen LogP contribution in [0.25, 0.3) is 16.9 Å². The summed E-state index contributed by atoms with van der Waals surface area (Å²) in [4.78, 5) is 16.5. The first-order valence-electron chi connectivity index (χ1n) is 10.1. The number of fused-ring (bicyclic) bond motifs is 1. The molecular formula is C20H28N6O3S. The quantitative estimate of drug-likeness (QED) is 0.505. The molecule has 3 aromatic rings. The fourth-order valence-corrected chi connectivity index (χ4v) is 4.53. The van der Waals surface area contributed by atoms with Crippen LogP contribution < -0.4 is 10.0 Å². The van der Waals surface area contributed by atoms with Gasteiger partial charge in [-0.25, -0.2) is 22.9 Å². The van der Waals surface area contributed by atoms with Gasteiger partial charge in [0.15, 0.2) is 0 Å². The fourth-order valence-electron chi connectivity index (χ4n) is 3.49. The highest BCUT2D eigenvalue weighted by Gasteiger charge is 2.18. The molecule has 10 heteroatoms. The van der Waals surface area contributed by atoms with E-state index in [9.17, 15) is 13.2 Å². The molecule has 0 aliphatic rings. The van der Waals surface area contributed by atoms with Crippen LogP contribution in [-0.2, 0) is 23.5 Å². The van der Waals surface area contributed by atoms with Gasteiger partial charge in [-0.15, -0.1) is 0 Å². The Hall–Kier alpha value is -2.88. The minimum Gasteiger partial charge on any atom is -0.337 e. The van der Waals surface area contributed by atoms with Crippen LogP contribution in [0.5, 0.6) is 0 Å². The van der Waals surface area contributed by atoms with E-state index in [0.717, 1.165) is 41.0 Å². The molecule has 0 unspecified atom stereocenters. The number of sulfonamides is 1. The third-order valence-electron chi connectivity index (χ3n) is 4.91. The lowest BCUT2D eigenvalue weighted by Crippen LogP contribution is -2.41. The van der Waals surface area contributed by atoms with E-state index < -0.39 is 16.1 Å². The Morgan fingerprint density at radius 2 is 2.03 bits per heavy atom. The number of hydrogen-bond acceptors (Lipinski definition) is 5. The van der Waals surface area contributed by atoms with Crippen LogP contribution in [0, 0.1) is 6.92 Å². The Labute approximate surface area is 176 Å². The molecule has 0 aromatic carbocycles. The predicted octanol–water partition coefficient (Wildman–Crippen LogP) is 2.43. The van der Waals surface area contributed by atoms with Crippen LogP contribution in [0.2, 0.25) is 0 Å². The highest BCUT2D eigenvalue weighted by molar-refractivity contribution is 7.90. The average Bonchev–Trinajstić information content (AvgIpc) is 3.21. The van der Waals surface area contributed by atoms with Crippen molar-refractivity contribution in [3.8, 4) is 5.82 Å². The minimum atomic E-state index is -3.61. The standard InChI is InChI=1S/C20H28N6O3S/c1-4-5-6-14-30(28,29)24-20(27)22-12-9-17-15(2)23-25(3)19(17)26-13-10-16-8-7-11-21-18(16)26/h7-8,10-11,13H,4-6,9,12,14H2,1-3H3,(H2,22,24,27). The molecule has 0 saturated carbocycles. The summed E-state index contributed by atoms with van der Waals surface area (Å²) in [6.07, 6.45) is 6.46. The molecule has 0 fully saturated rings. The van der Waals surface area contributed by atoms with Gasteiger partial charge in [0.1, 0.15) is 11.5 Å². The number of carbonyl (C=O) groups is 1. The molecular weight excluding hydrogens is 404 g/mol. The zero-order valence-electron chi connectivity index (χ0n) is 17.6. The van der Waals surface area contributed by atoms with Crippen molar-refractivity contribution >= 4 is 27.1 Å². The van der Waals surface area contributed by atoms with Crippen molar-refractivity contribution in [1.82, 2.24) is 29.4 Å². The second-order valence-corrected chi connectivity index (χ2v) is 9.09. The van der Waals surface area contributed by atoms with Gasteiger partial charge in [-0.05, 0) is 38.0 Å². The first-order chi connectivity index (χ1) is 14.3. The Balaban J connectivity index is 1.68. The number of unbranched alkanes of at least 4 members (excludes halogenated alkanes) is 2. The van der Waals surface area contributed by atoms with E-state index in [0.29, 0.717) is 12.8 Å². The second kappa shape index (κ2) is 9.29. The average molecular weight is 433 g/mol. The molecule has 162 valence electrons. The molecule has 0 saturated heterocycles. The minimum absolute atomic E-state index is 0.0478. The molecule has 9 nitrogen and oxygen atoms in total.